The summed E-state index contributed by atoms with van der Waals surface area (Å²) in [6, 6.07) is 0. The zero-order valence-corrected chi connectivity index (χ0v) is 26.5. The normalized spacial score (nSPS) is 48.3. The number of ether oxygens (including phenoxy) is 2. The number of aliphatic carboxylic acids is 1. The highest BCUT2D eigenvalue weighted by atomic mass is 16.6. The van der Waals surface area contributed by atoms with Crippen LogP contribution in [-0.2, 0) is 23.9 Å². The molecule has 0 heterocycles. The van der Waals surface area contributed by atoms with Gasteiger partial charge in [0, 0.05) is 25.2 Å². The minimum absolute atomic E-state index is 0.0740. The van der Waals surface area contributed by atoms with Gasteiger partial charge in [-0.15, -0.1) is 0 Å². The Bertz CT molecular complexity index is 1160. The van der Waals surface area contributed by atoms with Gasteiger partial charge in [0.05, 0.1) is 11.5 Å². The lowest BCUT2D eigenvalue weighted by Gasteiger charge is -2.71. The van der Waals surface area contributed by atoms with E-state index in [1.54, 1.807) is 0 Å². The molecule has 0 spiro atoms. The summed E-state index contributed by atoms with van der Waals surface area (Å²) in [5, 5.41) is 22.4. The third-order valence-corrected chi connectivity index (χ3v) is 13.9. The number of carboxylic acid groups (broad SMARTS) is 1. The summed E-state index contributed by atoms with van der Waals surface area (Å²) in [7, 11) is 0. The molecule has 0 saturated heterocycles. The molecular formula is C34H52O7. The number of aliphatic hydroxyl groups excluding tert-OH is 1. The van der Waals surface area contributed by atoms with Crippen molar-refractivity contribution in [1.82, 2.24) is 0 Å². The topological polar surface area (TPSA) is 110 Å². The lowest BCUT2D eigenvalue weighted by atomic mass is 9.33. The number of fused-ring (bicyclic) bond motifs is 7. The third kappa shape index (κ3) is 4.10. The van der Waals surface area contributed by atoms with Gasteiger partial charge in [-0.25, -0.2) is 0 Å². The molecule has 4 fully saturated rings. The molecule has 10 atom stereocenters. The predicted molar refractivity (Wildman–Crippen MR) is 155 cm³/mol. The van der Waals surface area contributed by atoms with Crippen molar-refractivity contribution in [2.45, 2.75) is 125 Å². The Morgan fingerprint density at radius 3 is 2.15 bits per heavy atom. The van der Waals surface area contributed by atoms with Crippen molar-refractivity contribution in [2.75, 3.05) is 6.61 Å². The molecule has 0 aromatic rings. The van der Waals surface area contributed by atoms with E-state index in [1.807, 2.05) is 0 Å². The molecule has 0 bridgehead atoms. The van der Waals surface area contributed by atoms with Gasteiger partial charge in [-0.3, -0.25) is 14.4 Å². The van der Waals surface area contributed by atoms with Crippen LogP contribution in [0.25, 0.3) is 0 Å². The van der Waals surface area contributed by atoms with E-state index < -0.39 is 22.9 Å². The molecule has 7 nitrogen and oxygen atoms in total. The van der Waals surface area contributed by atoms with E-state index in [-0.39, 0.29) is 58.1 Å². The average Bonchev–Trinajstić information content (AvgIpc) is 2.87. The summed E-state index contributed by atoms with van der Waals surface area (Å²) in [6.07, 6.45) is 8.42. The molecule has 0 aromatic carbocycles. The van der Waals surface area contributed by atoms with Crippen molar-refractivity contribution in [3.63, 3.8) is 0 Å². The maximum absolute atomic E-state index is 12.9. The van der Waals surface area contributed by atoms with Crippen LogP contribution in [-0.4, -0.2) is 46.9 Å². The fraction of sp³-hybridized carbons (Fsp3) is 0.853. The fourth-order valence-corrected chi connectivity index (χ4v) is 11.3. The molecule has 4 saturated carbocycles. The van der Waals surface area contributed by atoms with Crippen LogP contribution in [0, 0.1) is 50.2 Å². The number of esters is 2. The maximum atomic E-state index is 12.9. The van der Waals surface area contributed by atoms with Crippen LogP contribution < -0.4 is 0 Å². The van der Waals surface area contributed by atoms with E-state index in [1.165, 1.54) is 19.4 Å². The number of hydrogen-bond acceptors (Lipinski definition) is 6. The summed E-state index contributed by atoms with van der Waals surface area (Å²) in [6.45, 7) is 16.6. The van der Waals surface area contributed by atoms with Crippen molar-refractivity contribution < 1.29 is 34.1 Å². The molecule has 0 radical (unpaired) electrons. The fourth-order valence-electron chi connectivity index (χ4n) is 11.3. The van der Waals surface area contributed by atoms with Gasteiger partial charge in [0.1, 0.15) is 12.7 Å². The quantitative estimate of drug-likeness (QED) is 0.300. The van der Waals surface area contributed by atoms with Gasteiger partial charge in [0.25, 0.3) is 0 Å². The molecule has 41 heavy (non-hydrogen) atoms. The number of aliphatic hydroxyl groups is 1. The molecule has 0 aliphatic heterocycles. The number of carbonyl (C=O) groups excluding carboxylic acids is 2. The van der Waals surface area contributed by atoms with Crippen molar-refractivity contribution in [2.24, 2.45) is 50.2 Å². The maximum Gasteiger partial charge on any atom is 0.310 e. The van der Waals surface area contributed by atoms with Gasteiger partial charge in [0.2, 0.25) is 0 Å². The van der Waals surface area contributed by atoms with E-state index in [0.717, 1.165) is 38.5 Å². The van der Waals surface area contributed by atoms with Crippen LogP contribution in [0.4, 0.5) is 0 Å². The van der Waals surface area contributed by atoms with Gasteiger partial charge in [0.15, 0.2) is 0 Å². The Morgan fingerprint density at radius 1 is 0.878 bits per heavy atom. The first-order valence-electron chi connectivity index (χ1n) is 15.8. The number of allylic oxidation sites excluding steroid dienone is 1. The summed E-state index contributed by atoms with van der Waals surface area (Å²) in [5.74, 6) is -1.22. The van der Waals surface area contributed by atoms with E-state index in [0.29, 0.717) is 25.2 Å². The highest BCUT2D eigenvalue weighted by Crippen LogP contribution is 2.76. The third-order valence-electron chi connectivity index (χ3n) is 13.9. The molecule has 2 N–H and O–H groups in total. The number of carboxylic acids is 1. The summed E-state index contributed by atoms with van der Waals surface area (Å²) in [4.78, 5) is 37.0. The largest absolute Gasteiger partial charge is 0.481 e. The first-order valence-corrected chi connectivity index (χ1v) is 15.8. The van der Waals surface area contributed by atoms with Gasteiger partial charge in [-0.05, 0) is 91.3 Å². The second kappa shape index (κ2) is 9.56. The lowest BCUT2D eigenvalue weighted by molar-refractivity contribution is -0.229. The van der Waals surface area contributed by atoms with Crippen LogP contribution in [0.1, 0.15) is 113 Å². The molecule has 0 unspecified atom stereocenters. The van der Waals surface area contributed by atoms with Crippen LogP contribution in [0.5, 0.6) is 0 Å². The Hall–Kier alpha value is -1.89. The zero-order chi connectivity index (χ0) is 30.4. The Balaban J connectivity index is 1.58. The second-order valence-corrected chi connectivity index (χ2v) is 16.1. The van der Waals surface area contributed by atoms with Crippen molar-refractivity contribution in [1.29, 1.82) is 0 Å². The molecular weight excluding hydrogens is 520 g/mol. The number of rotatable bonds is 4. The molecule has 5 rings (SSSR count). The Labute approximate surface area is 245 Å². The van der Waals surface area contributed by atoms with E-state index in [4.69, 9.17) is 9.47 Å². The molecule has 5 aliphatic rings. The number of carbonyl (C=O) groups is 3. The Morgan fingerprint density at radius 2 is 1.54 bits per heavy atom. The van der Waals surface area contributed by atoms with E-state index >= 15 is 0 Å². The van der Waals surface area contributed by atoms with Crippen LogP contribution in [0.3, 0.4) is 0 Å². The smallest absolute Gasteiger partial charge is 0.310 e. The minimum Gasteiger partial charge on any atom is -0.481 e. The summed E-state index contributed by atoms with van der Waals surface area (Å²) < 4.78 is 11.6. The highest BCUT2D eigenvalue weighted by molar-refractivity contribution is 5.77. The van der Waals surface area contributed by atoms with Crippen LogP contribution in [0.2, 0.25) is 0 Å². The number of hydrogen-bond donors (Lipinski definition) is 2. The molecule has 0 amide bonds. The molecule has 230 valence electrons. The highest BCUT2D eigenvalue weighted by Gasteiger charge is 2.71. The monoisotopic (exact) mass is 572 g/mol. The summed E-state index contributed by atoms with van der Waals surface area (Å²) >= 11 is 0. The van der Waals surface area contributed by atoms with Crippen molar-refractivity contribution in [3.8, 4) is 0 Å². The second-order valence-electron chi connectivity index (χ2n) is 16.1. The molecule has 5 aliphatic carbocycles. The average molecular weight is 573 g/mol. The zero-order valence-electron chi connectivity index (χ0n) is 26.5. The van der Waals surface area contributed by atoms with E-state index in [9.17, 15) is 24.6 Å². The first-order chi connectivity index (χ1) is 18.9. The van der Waals surface area contributed by atoms with Gasteiger partial charge >= 0.3 is 17.9 Å². The lowest BCUT2D eigenvalue weighted by Crippen LogP contribution is -2.67. The molecule has 7 heteroatoms. The van der Waals surface area contributed by atoms with Crippen molar-refractivity contribution in [3.05, 3.63) is 11.6 Å². The Kier molecular flexibility index (Phi) is 7.12. The van der Waals surface area contributed by atoms with Gasteiger partial charge in [-0.1, -0.05) is 53.2 Å². The van der Waals surface area contributed by atoms with E-state index in [2.05, 4.69) is 47.6 Å². The summed E-state index contributed by atoms with van der Waals surface area (Å²) in [5.41, 5.74) is -0.928. The molecule has 0 aromatic heterocycles. The standard InChI is InChI=1S/C34H52O7/c1-20(35)40-19-31(6)23-11-14-33(8)24(30(23,5)13-12-25(31)41-21(2)36)10-9-22-26-27(37)29(3,4)15-17-34(26,28(38)39)18-16-32(22,33)7/h9,23-27,37H,10-19H2,1-8H3,(H,38,39)/t23-,24-,25-,26-,27+,30+,31-,32-,33-,34+/m1/s1. The van der Waals surface area contributed by atoms with Crippen LogP contribution >= 0.6 is 0 Å². The first kappa shape index (κ1) is 30.6. The van der Waals surface area contributed by atoms with Crippen molar-refractivity contribution >= 4 is 17.9 Å². The minimum atomic E-state index is -0.907. The van der Waals surface area contributed by atoms with Gasteiger partial charge < -0.3 is 19.7 Å². The van der Waals surface area contributed by atoms with Gasteiger partial charge in [-0.2, -0.15) is 0 Å². The van der Waals surface area contributed by atoms with Crippen LogP contribution in [0.15, 0.2) is 11.6 Å². The SMILES string of the molecule is CC(=O)OC[C@]1(C)[C@@H]2CC[C@]3(C)[C@H](CC=C4[C@@H]5[C@H](O)C(C)(C)CC[C@]5(C(=O)O)CC[C@]43C)[C@@]2(C)CC[C@H]1OC(C)=O. The predicted octanol–water partition coefficient (Wildman–Crippen LogP) is 6.32.